The van der Waals surface area contributed by atoms with Gasteiger partial charge in [-0.2, -0.15) is 0 Å². The van der Waals surface area contributed by atoms with E-state index in [1.54, 1.807) is 0 Å². The van der Waals surface area contributed by atoms with Gasteiger partial charge in [0.15, 0.2) is 12.6 Å². The molecule has 136 valence electrons. The van der Waals surface area contributed by atoms with Crippen molar-refractivity contribution >= 4 is 0 Å². The van der Waals surface area contributed by atoms with Crippen molar-refractivity contribution in [3.63, 3.8) is 0 Å². The molecule has 0 radical (unpaired) electrons. The number of hydrogen-bond donors (Lipinski definition) is 8. The summed E-state index contributed by atoms with van der Waals surface area (Å²) >= 11 is 0. The average molecular weight is 342 g/mol. The fraction of sp³-hybridized carbons (Fsp3) is 1.00. The van der Waals surface area contributed by atoms with Gasteiger partial charge in [-0.15, -0.1) is 0 Å². The summed E-state index contributed by atoms with van der Waals surface area (Å²) in [5.74, 6) is 0. The van der Waals surface area contributed by atoms with Crippen LogP contribution in [0.1, 0.15) is 0 Å². The predicted octanol–water partition coefficient (Wildman–Crippen LogP) is -5.40. The van der Waals surface area contributed by atoms with Crippen LogP contribution in [-0.4, -0.2) is 115 Å². The molecule has 23 heavy (non-hydrogen) atoms. The van der Waals surface area contributed by atoms with Crippen molar-refractivity contribution in [1.29, 1.82) is 0 Å². The summed E-state index contributed by atoms with van der Waals surface area (Å²) in [6.45, 7) is -1.33. The normalized spacial score (nSPS) is 51.7. The third-order valence-corrected chi connectivity index (χ3v) is 3.98. The Morgan fingerprint density at radius 1 is 0.652 bits per heavy atom. The van der Waals surface area contributed by atoms with Gasteiger partial charge in [-0.1, -0.05) is 0 Å². The van der Waals surface area contributed by atoms with Gasteiger partial charge in [0.2, 0.25) is 0 Å². The van der Waals surface area contributed by atoms with Crippen LogP contribution in [0.3, 0.4) is 0 Å². The summed E-state index contributed by atoms with van der Waals surface area (Å²) in [6, 6.07) is 0. The van der Waals surface area contributed by atoms with Crippen LogP contribution < -0.4 is 0 Å². The molecule has 0 amide bonds. The number of hydrogen-bond acceptors (Lipinski definition) is 11. The molecule has 2 rings (SSSR count). The van der Waals surface area contributed by atoms with Crippen LogP contribution in [-0.2, 0) is 14.2 Å². The van der Waals surface area contributed by atoms with Gasteiger partial charge in [0, 0.05) is 0 Å². The summed E-state index contributed by atoms with van der Waals surface area (Å²) in [6.07, 6.45) is -15.6. The van der Waals surface area contributed by atoms with E-state index in [1.807, 2.05) is 0 Å². The first-order chi connectivity index (χ1) is 10.8. The largest absolute Gasteiger partial charge is 0.394 e. The second kappa shape index (κ2) is 7.63. The molecule has 0 aliphatic carbocycles. The van der Waals surface area contributed by atoms with Crippen molar-refractivity contribution in [1.82, 2.24) is 0 Å². The first-order valence-electron chi connectivity index (χ1n) is 7.08. The standard InChI is InChI=1S/C12H22O11/c13-1-3-6(16)8(18)10(11(20)21-3)23-12-9(19)7(17)5(15)4(2-14)22-12/h3-20H,1-2H2/t3-,4-,5-,6+,7+,8+,9-,10-,11+,12?/m1/s1. The van der Waals surface area contributed by atoms with E-state index >= 15 is 0 Å². The minimum atomic E-state index is -1.75. The smallest absolute Gasteiger partial charge is 0.187 e. The Balaban J connectivity index is 2.08. The SMILES string of the molecule is OC[C@H]1O[C@H](O)[C@H](OC2O[C@H](CO)[C@@H](O)[C@H](O)[C@H]2O)[C@@H](O)[C@H]1O. The number of aliphatic hydroxyl groups is 8. The number of ether oxygens (including phenoxy) is 3. The highest BCUT2D eigenvalue weighted by Gasteiger charge is 2.50. The van der Waals surface area contributed by atoms with Crippen LogP contribution in [0.15, 0.2) is 0 Å². The summed E-state index contributed by atoms with van der Waals surface area (Å²) in [5.41, 5.74) is 0. The zero-order valence-corrected chi connectivity index (χ0v) is 12.0. The Labute approximate surface area is 130 Å². The third-order valence-electron chi connectivity index (χ3n) is 3.98. The van der Waals surface area contributed by atoms with Crippen LogP contribution in [0.4, 0.5) is 0 Å². The molecule has 2 fully saturated rings. The van der Waals surface area contributed by atoms with Crippen molar-refractivity contribution in [3.05, 3.63) is 0 Å². The van der Waals surface area contributed by atoms with Crippen molar-refractivity contribution in [3.8, 4) is 0 Å². The molecular formula is C12H22O11. The summed E-state index contributed by atoms with van der Waals surface area (Å²) in [5, 5.41) is 76.7. The van der Waals surface area contributed by atoms with Crippen molar-refractivity contribution in [2.45, 2.75) is 61.4 Å². The molecule has 0 aromatic carbocycles. The molecule has 1 unspecified atom stereocenters. The first-order valence-corrected chi connectivity index (χ1v) is 7.08. The lowest BCUT2D eigenvalue weighted by Gasteiger charge is -2.44. The van der Waals surface area contributed by atoms with E-state index in [2.05, 4.69) is 0 Å². The minimum Gasteiger partial charge on any atom is -0.394 e. The molecular weight excluding hydrogens is 320 g/mol. The molecule has 11 heteroatoms. The highest BCUT2D eigenvalue weighted by Crippen LogP contribution is 2.28. The van der Waals surface area contributed by atoms with Gasteiger partial charge >= 0.3 is 0 Å². The minimum absolute atomic E-state index is 0.651. The maximum absolute atomic E-state index is 9.94. The Kier molecular flexibility index (Phi) is 6.27. The molecule has 10 atom stereocenters. The molecule has 11 nitrogen and oxygen atoms in total. The van der Waals surface area contributed by atoms with E-state index in [4.69, 9.17) is 24.4 Å². The molecule has 2 aliphatic heterocycles. The monoisotopic (exact) mass is 342 g/mol. The lowest BCUT2D eigenvalue weighted by atomic mass is 9.97. The Hall–Kier alpha value is -0.440. The van der Waals surface area contributed by atoms with Gasteiger partial charge in [0.25, 0.3) is 0 Å². The molecule has 2 saturated heterocycles. The van der Waals surface area contributed by atoms with E-state index in [9.17, 15) is 30.6 Å². The van der Waals surface area contributed by atoms with Crippen molar-refractivity contribution < 1.29 is 55.1 Å². The zero-order valence-electron chi connectivity index (χ0n) is 12.0. The number of rotatable bonds is 4. The second-order valence-corrected chi connectivity index (χ2v) is 5.53. The zero-order chi connectivity index (χ0) is 17.3. The molecule has 8 N–H and O–H groups in total. The van der Waals surface area contributed by atoms with E-state index in [1.165, 1.54) is 0 Å². The average Bonchev–Trinajstić information content (AvgIpc) is 2.54. The molecule has 0 saturated carbocycles. The lowest BCUT2D eigenvalue weighted by molar-refractivity contribution is -0.361. The molecule has 0 aromatic rings. The van der Waals surface area contributed by atoms with E-state index in [0.29, 0.717) is 0 Å². The van der Waals surface area contributed by atoms with Crippen LogP contribution in [0.2, 0.25) is 0 Å². The van der Waals surface area contributed by atoms with E-state index in [-0.39, 0.29) is 0 Å². The maximum atomic E-state index is 9.94. The van der Waals surface area contributed by atoms with Gasteiger partial charge in [-0.3, -0.25) is 0 Å². The Morgan fingerprint density at radius 2 is 1.17 bits per heavy atom. The number of aliphatic hydroxyl groups excluding tert-OH is 8. The van der Waals surface area contributed by atoms with Gasteiger partial charge in [-0.05, 0) is 0 Å². The summed E-state index contributed by atoms with van der Waals surface area (Å²) < 4.78 is 15.1. The fourth-order valence-corrected chi connectivity index (χ4v) is 2.55. The highest BCUT2D eigenvalue weighted by atomic mass is 16.7. The van der Waals surface area contributed by atoms with Crippen LogP contribution >= 0.6 is 0 Å². The predicted molar refractivity (Wildman–Crippen MR) is 68.6 cm³/mol. The van der Waals surface area contributed by atoms with Crippen LogP contribution in [0, 0.1) is 0 Å². The van der Waals surface area contributed by atoms with Crippen molar-refractivity contribution in [2.75, 3.05) is 13.2 Å². The quantitative estimate of drug-likeness (QED) is 0.243. The Morgan fingerprint density at radius 3 is 1.74 bits per heavy atom. The first kappa shape index (κ1) is 18.9. The van der Waals surface area contributed by atoms with E-state index < -0.39 is 74.6 Å². The Bertz CT molecular complexity index is 380. The molecule has 2 heterocycles. The molecule has 0 aromatic heterocycles. The van der Waals surface area contributed by atoms with Gasteiger partial charge in [0.05, 0.1) is 13.2 Å². The molecule has 0 bridgehead atoms. The third kappa shape index (κ3) is 3.65. The topological polar surface area (TPSA) is 190 Å². The molecule has 0 spiro atoms. The fourth-order valence-electron chi connectivity index (χ4n) is 2.55. The lowest BCUT2D eigenvalue weighted by Crippen LogP contribution is -2.64. The van der Waals surface area contributed by atoms with Crippen LogP contribution in [0.25, 0.3) is 0 Å². The second-order valence-electron chi connectivity index (χ2n) is 5.53. The van der Waals surface area contributed by atoms with E-state index in [0.717, 1.165) is 0 Å². The van der Waals surface area contributed by atoms with Gasteiger partial charge < -0.3 is 55.1 Å². The van der Waals surface area contributed by atoms with Gasteiger partial charge in [-0.25, -0.2) is 0 Å². The molecule has 2 aliphatic rings. The maximum Gasteiger partial charge on any atom is 0.187 e. The van der Waals surface area contributed by atoms with Crippen molar-refractivity contribution in [2.24, 2.45) is 0 Å². The van der Waals surface area contributed by atoms with Crippen LogP contribution in [0.5, 0.6) is 0 Å². The van der Waals surface area contributed by atoms with Gasteiger partial charge in [0.1, 0.15) is 48.8 Å². The summed E-state index contributed by atoms with van der Waals surface area (Å²) in [4.78, 5) is 0. The highest BCUT2D eigenvalue weighted by molar-refractivity contribution is 4.93. The summed E-state index contributed by atoms with van der Waals surface area (Å²) in [7, 11) is 0.